The number of ether oxygens (including phenoxy) is 1. The molecule has 0 saturated heterocycles. The molecule has 1 heteroatoms. The van der Waals surface area contributed by atoms with Crippen molar-refractivity contribution < 1.29 is 4.74 Å². The Labute approximate surface area is 57.7 Å². The van der Waals surface area contributed by atoms with Crippen molar-refractivity contribution in [2.24, 2.45) is 5.41 Å². The first-order valence-electron chi connectivity index (χ1n) is 3.17. The van der Waals surface area contributed by atoms with Crippen LogP contribution in [-0.4, -0.2) is 7.11 Å². The summed E-state index contributed by atoms with van der Waals surface area (Å²) in [5.41, 5.74) is 0.299. The fourth-order valence-electron chi connectivity index (χ4n) is 0.664. The number of hydrogen-bond donors (Lipinski definition) is 0. The van der Waals surface area contributed by atoms with Crippen LogP contribution in [-0.2, 0) is 4.74 Å². The van der Waals surface area contributed by atoms with Gasteiger partial charge in [0, 0.05) is 6.42 Å². The maximum absolute atomic E-state index is 4.93. The van der Waals surface area contributed by atoms with Crippen molar-refractivity contribution in [1.82, 2.24) is 0 Å². The summed E-state index contributed by atoms with van der Waals surface area (Å²) in [5.74, 6) is 0.863. The van der Waals surface area contributed by atoms with E-state index in [1.54, 1.807) is 7.11 Å². The maximum Gasteiger partial charge on any atom is 0.0889 e. The molecule has 0 N–H and O–H groups in total. The fourth-order valence-corrected chi connectivity index (χ4v) is 0.664. The van der Waals surface area contributed by atoms with Crippen molar-refractivity contribution in [3.8, 4) is 0 Å². The monoisotopic (exact) mass is 128 g/mol. The van der Waals surface area contributed by atoms with Crippen molar-refractivity contribution in [1.29, 1.82) is 0 Å². The molecule has 0 aliphatic heterocycles. The molecule has 0 aliphatic rings. The number of allylic oxidation sites excluding steroid dienone is 1. The van der Waals surface area contributed by atoms with Gasteiger partial charge in [-0.15, -0.1) is 0 Å². The van der Waals surface area contributed by atoms with Crippen LogP contribution in [0.25, 0.3) is 0 Å². The summed E-state index contributed by atoms with van der Waals surface area (Å²) < 4.78 is 4.93. The topological polar surface area (TPSA) is 9.23 Å². The third-order valence-electron chi connectivity index (χ3n) is 1.02. The zero-order valence-electron chi connectivity index (χ0n) is 6.82. The molecule has 9 heavy (non-hydrogen) atoms. The van der Waals surface area contributed by atoms with E-state index in [4.69, 9.17) is 4.74 Å². The van der Waals surface area contributed by atoms with Crippen molar-refractivity contribution in [3.63, 3.8) is 0 Å². The lowest BCUT2D eigenvalue weighted by atomic mass is 9.92. The van der Waals surface area contributed by atoms with Gasteiger partial charge in [-0.2, -0.15) is 0 Å². The molecule has 0 spiro atoms. The van der Waals surface area contributed by atoms with Gasteiger partial charge in [0.2, 0.25) is 0 Å². The van der Waals surface area contributed by atoms with E-state index >= 15 is 0 Å². The maximum atomic E-state index is 4.93. The number of methoxy groups -OCH3 is 1. The van der Waals surface area contributed by atoms with Gasteiger partial charge in [0.05, 0.1) is 12.9 Å². The third kappa shape index (κ3) is 5.41. The van der Waals surface area contributed by atoms with Crippen LogP contribution in [0.2, 0.25) is 0 Å². The molecular formula is C8H16O. The fraction of sp³-hybridized carbons (Fsp3) is 0.750. The second-order valence-electron chi connectivity index (χ2n) is 3.48. The predicted octanol–water partition coefficient (Wildman–Crippen LogP) is 2.58. The standard InChI is InChI=1S/C8H16O/c1-7(9-5)6-8(2,3)4/h1,6H2,2-5H3. The van der Waals surface area contributed by atoms with Crippen LogP contribution >= 0.6 is 0 Å². The largest absolute Gasteiger partial charge is 0.502 e. The predicted molar refractivity (Wildman–Crippen MR) is 40.2 cm³/mol. The molecule has 0 aromatic carbocycles. The van der Waals surface area contributed by atoms with E-state index in [1.807, 2.05) is 0 Å². The quantitative estimate of drug-likeness (QED) is 0.519. The first-order valence-corrected chi connectivity index (χ1v) is 3.17. The lowest BCUT2D eigenvalue weighted by Crippen LogP contribution is -2.06. The smallest absolute Gasteiger partial charge is 0.0889 e. The highest BCUT2D eigenvalue weighted by atomic mass is 16.5. The van der Waals surface area contributed by atoms with Crippen LogP contribution in [0.1, 0.15) is 27.2 Å². The molecule has 0 aromatic rings. The molecule has 0 rings (SSSR count). The lowest BCUT2D eigenvalue weighted by molar-refractivity contribution is 0.239. The second kappa shape index (κ2) is 2.90. The molecule has 0 fully saturated rings. The molecule has 54 valence electrons. The Balaban J connectivity index is 3.60. The Hall–Kier alpha value is -0.460. The Bertz CT molecular complexity index is 97.6. The number of hydrogen-bond acceptors (Lipinski definition) is 1. The zero-order valence-corrected chi connectivity index (χ0v) is 6.82. The molecule has 0 bridgehead atoms. The van der Waals surface area contributed by atoms with E-state index in [-0.39, 0.29) is 0 Å². The molecule has 0 radical (unpaired) electrons. The Kier molecular flexibility index (Phi) is 2.75. The normalized spacial score (nSPS) is 11.1. The Morgan fingerprint density at radius 2 is 1.89 bits per heavy atom. The highest BCUT2D eigenvalue weighted by Gasteiger charge is 2.11. The minimum atomic E-state index is 0.299. The van der Waals surface area contributed by atoms with Gasteiger partial charge in [-0.1, -0.05) is 27.4 Å². The lowest BCUT2D eigenvalue weighted by Gasteiger charge is -2.18. The summed E-state index contributed by atoms with van der Waals surface area (Å²) in [6.45, 7) is 10.2. The van der Waals surface area contributed by atoms with Gasteiger partial charge in [-0.25, -0.2) is 0 Å². The molecule has 0 atom stereocenters. The number of rotatable bonds is 2. The van der Waals surface area contributed by atoms with Crippen LogP contribution in [0.4, 0.5) is 0 Å². The molecule has 0 aliphatic carbocycles. The van der Waals surface area contributed by atoms with Gasteiger partial charge < -0.3 is 4.74 Å². The van der Waals surface area contributed by atoms with Crippen molar-refractivity contribution >= 4 is 0 Å². The minimum Gasteiger partial charge on any atom is -0.502 e. The molecule has 1 nitrogen and oxygen atoms in total. The highest BCUT2D eigenvalue weighted by molar-refractivity contribution is 4.86. The summed E-state index contributed by atoms with van der Waals surface area (Å²) in [5, 5.41) is 0. The first-order chi connectivity index (χ1) is 3.95. The molecule has 0 aromatic heterocycles. The third-order valence-corrected chi connectivity index (χ3v) is 1.02. The zero-order chi connectivity index (χ0) is 7.49. The molecule has 0 heterocycles. The van der Waals surface area contributed by atoms with Crippen LogP contribution in [0, 0.1) is 5.41 Å². The Morgan fingerprint density at radius 3 is 2.00 bits per heavy atom. The SMILES string of the molecule is C=C(CC(C)(C)C)OC. The van der Waals surface area contributed by atoms with Crippen LogP contribution in [0.3, 0.4) is 0 Å². The van der Waals surface area contributed by atoms with E-state index in [0.29, 0.717) is 5.41 Å². The van der Waals surface area contributed by atoms with Crippen molar-refractivity contribution in [2.75, 3.05) is 7.11 Å². The van der Waals surface area contributed by atoms with Gasteiger partial charge >= 0.3 is 0 Å². The summed E-state index contributed by atoms with van der Waals surface area (Å²) >= 11 is 0. The highest BCUT2D eigenvalue weighted by Crippen LogP contribution is 2.22. The molecule has 0 saturated carbocycles. The summed E-state index contributed by atoms with van der Waals surface area (Å²) in [6, 6.07) is 0. The second-order valence-corrected chi connectivity index (χ2v) is 3.48. The Morgan fingerprint density at radius 1 is 1.44 bits per heavy atom. The van der Waals surface area contributed by atoms with Crippen molar-refractivity contribution in [3.05, 3.63) is 12.3 Å². The molecule has 0 unspecified atom stereocenters. The van der Waals surface area contributed by atoms with Gasteiger partial charge in [0.25, 0.3) is 0 Å². The summed E-state index contributed by atoms with van der Waals surface area (Å²) in [6.07, 6.45) is 0.934. The minimum absolute atomic E-state index is 0.299. The van der Waals surface area contributed by atoms with Crippen molar-refractivity contribution in [2.45, 2.75) is 27.2 Å². The summed E-state index contributed by atoms with van der Waals surface area (Å²) in [7, 11) is 1.66. The van der Waals surface area contributed by atoms with E-state index in [9.17, 15) is 0 Å². The molecular weight excluding hydrogens is 112 g/mol. The van der Waals surface area contributed by atoms with E-state index < -0.39 is 0 Å². The molecule has 0 amide bonds. The average Bonchev–Trinajstić information content (AvgIpc) is 1.62. The van der Waals surface area contributed by atoms with E-state index in [2.05, 4.69) is 27.4 Å². The van der Waals surface area contributed by atoms with Crippen LogP contribution < -0.4 is 0 Å². The van der Waals surface area contributed by atoms with Crippen LogP contribution in [0.5, 0.6) is 0 Å². The summed E-state index contributed by atoms with van der Waals surface area (Å²) in [4.78, 5) is 0. The van der Waals surface area contributed by atoms with Gasteiger partial charge in [0.1, 0.15) is 0 Å². The van der Waals surface area contributed by atoms with Gasteiger partial charge in [-0.3, -0.25) is 0 Å². The van der Waals surface area contributed by atoms with Gasteiger partial charge in [0.15, 0.2) is 0 Å². The van der Waals surface area contributed by atoms with E-state index in [1.165, 1.54) is 0 Å². The van der Waals surface area contributed by atoms with E-state index in [0.717, 1.165) is 12.2 Å². The van der Waals surface area contributed by atoms with Gasteiger partial charge in [-0.05, 0) is 5.41 Å². The average molecular weight is 128 g/mol. The van der Waals surface area contributed by atoms with Crippen LogP contribution in [0.15, 0.2) is 12.3 Å². The first kappa shape index (κ1) is 8.54.